The molecule has 0 fully saturated rings. The lowest BCUT2D eigenvalue weighted by Crippen LogP contribution is -2.13. The summed E-state index contributed by atoms with van der Waals surface area (Å²) in [6.45, 7) is 1.92. The Morgan fingerprint density at radius 1 is 1.07 bits per heavy atom. The van der Waals surface area contributed by atoms with Crippen molar-refractivity contribution in [1.82, 2.24) is 14.8 Å². The molecule has 0 bridgehead atoms. The first-order valence-corrected chi connectivity index (χ1v) is 9.17. The quantitative estimate of drug-likeness (QED) is 0.550. The number of pyridine rings is 1. The lowest BCUT2D eigenvalue weighted by molar-refractivity contribution is 0.102. The number of aryl methyl sites for hydroxylation is 1. The molecule has 1 amide bonds. The molecule has 0 atom stereocenters. The summed E-state index contributed by atoms with van der Waals surface area (Å²) in [6, 6.07) is 19.0. The number of amides is 1. The average molecular weight is 384 g/mol. The SMILES string of the molecule is COc1cccc(-c2nn(-c3ccccc3)cc2C(=O)Nc2cnccc2C)c1. The Hall–Kier alpha value is -3.93. The van der Waals surface area contributed by atoms with E-state index in [0.29, 0.717) is 22.7 Å². The first kappa shape index (κ1) is 18.4. The fourth-order valence-electron chi connectivity index (χ4n) is 3.02. The molecule has 2 heterocycles. The van der Waals surface area contributed by atoms with Gasteiger partial charge in [-0.15, -0.1) is 0 Å². The number of nitrogens with one attached hydrogen (secondary N) is 1. The highest BCUT2D eigenvalue weighted by molar-refractivity contribution is 6.08. The number of ether oxygens (including phenoxy) is 1. The van der Waals surface area contributed by atoms with Crippen LogP contribution >= 0.6 is 0 Å². The largest absolute Gasteiger partial charge is 0.497 e. The van der Waals surface area contributed by atoms with E-state index in [2.05, 4.69) is 10.3 Å². The van der Waals surface area contributed by atoms with Gasteiger partial charge >= 0.3 is 0 Å². The van der Waals surface area contributed by atoms with Gasteiger partial charge in [0.05, 0.1) is 30.2 Å². The summed E-state index contributed by atoms with van der Waals surface area (Å²) in [4.78, 5) is 17.2. The summed E-state index contributed by atoms with van der Waals surface area (Å²) >= 11 is 0. The minimum Gasteiger partial charge on any atom is -0.497 e. The third-order valence-electron chi connectivity index (χ3n) is 4.61. The predicted molar refractivity (Wildman–Crippen MR) is 112 cm³/mol. The molecule has 0 aliphatic heterocycles. The molecule has 6 nitrogen and oxygen atoms in total. The van der Waals surface area contributed by atoms with Gasteiger partial charge in [-0.3, -0.25) is 9.78 Å². The van der Waals surface area contributed by atoms with Crippen molar-refractivity contribution < 1.29 is 9.53 Å². The third-order valence-corrected chi connectivity index (χ3v) is 4.61. The van der Waals surface area contributed by atoms with E-state index in [0.717, 1.165) is 16.8 Å². The second kappa shape index (κ2) is 7.98. The lowest BCUT2D eigenvalue weighted by Gasteiger charge is -2.08. The van der Waals surface area contributed by atoms with Crippen LogP contribution < -0.4 is 10.1 Å². The van der Waals surface area contributed by atoms with Gasteiger partial charge in [-0.05, 0) is 42.8 Å². The summed E-state index contributed by atoms with van der Waals surface area (Å²) in [7, 11) is 1.61. The van der Waals surface area contributed by atoms with Crippen molar-refractivity contribution in [1.29, 1.82) is 0 Å². The van der Waals surface area contributed by atoms with E-state index in [9.17, 15) is 4.79 Å². The zero-order chi connectivity index (χ0) is 20.2. The number of benzene rings is 2. The predicted octanol–water partition coefficient (Wildman–Crippen LogP) is 4.50. The number of para-hydroxylation sites is 1. The Morgan fingerprint density at radius 3 is 2.66 bits per heavy atom. The number of carbonyl (C=O) groups is 1. The number of anilines is 1. The molecule has 144 valence electrons. The monoisotopic (exact) mass is 384 g/mol. The summed E-state index contributed by atoms with van der Waals surface area (Å²) in [6.07, 6.45) is 5.07. The summed E-state index contributed by atoms with van der Waals surface area (Å²) < 4.78 is 7.04. The second-order valence-corrected chi connectivity index (χ2v) is 6.55. The van der Waals surface area contributed by atoms with Gasteiger partial charge in [-0.1, -0.05) is 30.3 Å². The molecule has 6 heteroatoms. The Labute approximate surface area is 168 Å². The Kier molecular flexibility index (Phi) is 5.07. The van der Waals surface area contributed by atoms with Crippen LogP contribution in [0.1, 0.15) is 15.9 Å². The van der Waals surface area contributed by atoms with Crippen LogP contribution in [-0.2, 0) is 0 Å². The van der Waals surface area contributed by atoms with E-state index in [1.165, 1.54) is 0 Å². The Morgan fingerprint density at radius 2 is 1.90 bits per heavy atom. The summed E-state index contributed by atoms with van der Waals surface area (Å²) in [5.74, 6) is 0.451. The van der Waals surface area contributed by atoms with Gasteiger partial charge in [0, 0.05) is 18.0 Å². The standard InChI is InChI=1S/C23H20N4O2/c1-16-11-12-24-14-21(16)25-23(28)20-15-27(18-8-4-3-5-9-18)26-22(20)17-7-6-10-19(13-17)29-2/h3-15H,1-2H3,(H,25,28). The maximum Gasteiger partial charge on any atom is 0.259 e. The van der Waals surface area contributed by atoms with Crippen LogP contribution in [0.3, 0.4) is 0 Å². The first-order valence-electron chi connectivity index (χ1n) is 9.17. The molecule has 1 N–H and O–H groups in total. The highest BCUT2D eigenvalue weighted by Crippen LogP contribution is 2.28. The highest BCUT2D eigenvalue weighted by atomic mass is 16.5. The molecule has 4 aromatic rings. The molecule has 0 aliphatic rings. The van der Waals surface area contributed by atoms with Crippen molar-refractivity contribution >= 4 is 11.6 Å². The summed E-state index contributed by atoms with van der Waals surface area (Å²) in [5, 5.41) is 7.64. The molecule has 0 aliphatic carbocycles. The smallest absolute Gasteiger partial charge is 0.259 e. The summed E-state index contributed by atoms with van der Waals surface area (Å²) in [5.41, 5.74) is 4.31. The van der Waals surface area contributed by atoms with Crippen molar-refractivity contribution in [3.8, 4) is 22.7 Å². The Bertz CT molecular complexity index is 1150. The molecule has 29 heavy (non-hydrogen) atoms. The number of rotatable bonds is 5. The van der Waals surface area contributed by atoms with Gasteiger partial charge in [0.2, 0.25) is 0 Å². The molecular weight excluding hydrogens is 364 g/mol. The van der Waals surface area contributed by atoms with Gasteiger partial charge in [0.15, 0.2) is 0 Å². The zero-order valence-corrected chi connectivity index (χ0v) is 16.2. The number of carbonyl (C=O) groups excluding carboxylic acids is 1. The zero-order valence-electron chi connectivity index (χ0n) is 16.2. The van der Waals surface area contributed by atoms with E-state index >= 15 is 0 Å². The molecule has 0 saturated heterocycles. The van der Waals surface area contributed by atoms with Gasteiger partial charge in [0.25, 0.3) is 5.91 Å². The highest BCUT2D eigenvalue weighted by Gasteiger charge is 2.20. The first-order chi connectivity index (χ1) is 14.2. The number of hydrogen-bond acceptors (Lipinski definition) is 4. The molecular formula is C23H20N4O2. The van der Waals surface area contributed by atoms with Crippen molar-refractivity contribution in [2.45, 2.75) is 6.92 Å². The third kappa shape index (κ3) is 3.87. The van der Waals surface area contributed by atoms with Crippen molar-refractivity contribution in [2.75, 3.05) is 12.4 Å². The maximum absolute atomic E-state index is 13.1. The van der Waals surface area contributed by atoms with Crippen LogP contribution in [0.5, 0.6) is 5.75 Å². The van der Waals surface area contributed by atoms with Crippen molar-refractivity contribution in [2.24, 2.45) is 0 Å². The van der Waals surface area contributed by atoms with Crippen LogP contribution in [0.25, 0.3) is 16.9 Å². The van der Waals surface area contributed by atoms with Crippen LogP contribution in [0.4, 0.5) is 5.69 Å². The number of nitrogens with zero attached hydrogens (tertiary/aromatic N) is 3. The average Bonchev–Trinajstić information content (AvgIpc) is 3.22. The van der Waals surface area contributed by atoms with E-state index in [1.54, 1.807) is 30.4 Å². The van der Waals surface area contributed by atoms with Crippen LogP contribution in [0, 0.1) is 6.92 Å². The minimum absolute atomic E-state index is 0.249. The number of aromatic nitrogens is 3. The topological polar surface area (TPSA) is 69.0 Å². The van der Waals surface area contributed by atoms with Gasteiger partial charge in [-0.2, -0.15) is 5.10 Å². The number of hydrogen-bond donors (Lipinski definition) is 1. The second-order valence-electron chi connectivity index (χ2n) is 6.55. The van der Waals surface area contributed by atoms with Gasteiger partial charge in [0.1, 0.15) is 11.4 Å². The van der Waals surface area contributed by atoms with E-state index < -0.39 is 0 Å². The van der Waals surface area contributed by atoms with Crippen molar-refractivity contribution in [3.63, 3.8) is 0 Å². The van der Waals surface area contributed by atoms with E-state index in [1.807, 2.05) is 67.6 Å². The van der Waals surface area contributed by atoms with Gasteiger partial charge < -0.3 is 10.1 Å². The molecule has 2 aromatic carbocycles. The molecule has 0 unspecified atom stereocenters. The Balaban J connectivity index is 1.79. The van der Waals surface area contributed by atoms with E-state index in [4.69, 9.17) is 9.84 Å². The molecule has 4 rings (SSSR count). The van der Waals surface area contributed by atoms with E-state index in [-0.39, 0.29) is 5.91 Å². The molecule has 0 radical (unpaired) electrons. The minimum atomic E-state index is -0.249. The fraction of sp³-hybridized carbons (Fsp3) is 0.0870. The van der Waals surface area contributed by atoms with Gasteiger partial charge in [-0.25, -0.2) is 4.68 Å². The molecule has 2 aromatic heterocycles. The lowest BCUT2D eigenvalue weighted by atomic mass is 10.1. The van der Waals surface area contributed by atoms with Crippen molar-refractivity contribution in [3.05, 3.63) is 90.4 Å². The number of methoxy groups -OCH3 is 1. The fourth-order valence-corrected chi connectivity index (χ4v) is 3.02. The molecule has 0 spiro atoms. The normalized spacial score (nSPS) is 10.6. The maximum atomic E-state index is 13.1. The molecule has 0 saturated carbocycles. The van der Waals surface area contributed by atoms with Crippen LogP contribution in [0.2, 0.25) is 0 Å². The van der Waals surface area contributed by atoms with Crippen LogP contribution in [-0.4, -0.2) is 27.8 Å². The van der Waals surface area contributed by atoms with Crippen LogP contribution in [0.15, 0.2) is 79.3 Å².